The number of nitrogens with two attached hydrogens (primary N) is 2. The number of carbonyl (C=O) groups is 1. The Morgan fingerprint density at radius 2 is 1.96 bits per heavy atom. The number of rotatable bonds is 6. The van der Waals surface area contributed by atoms with Crippen LogP contribution in [0.15, 0.2) is 24.3 Å². The molecule has 2 rings (SSSR count). The molecule has 128 valence electrons. The van der Waals surface area contributed by atoms with Crippen LogP contribution in [0, 0.1) is 5.92 Å². The van der Waals surface area contributed by atoms with Crippen molar-refractivity contribution in [3.05, 3.63) is 35.4 Å². The van der Waals surface area contributed by atoms with Crippen molar-refractivity contribution in [3.63, 3.8) is 0 Å². The fraction of sp³-hybridized carbons (Fsp3) is 0.562. The highest BCUT2D eigenvalue weighted by atomic mass is 32.2. The molecule has 0 radical (unpaired) electrons. The van der Waals surface area contributed by atoms with Crippen molar-refractivity contribution in [2.75, 3.05) is 6.54 Å². The summed E-state index contributed by atoms with van der Waals surface area (Å²) in [5.74, 6) is -0.0792. The van der Waals surface area contributed by atoms with Crippen molar-refractivity contribution in [1.29, 1.82) is 0 Å². The first-order valence-corrected chi connectivity index (χ1v) is 9.71. The Labute approximate surface area is 137 Å². The summed E-state index contributed by atoms with van der Waals surface area (Å²) in [6, 6.07) is 6.49. The van der Waals surface area contributed by atoms with E-state index in [0.29, 0.717) is 23.6 Å². The molecular weight excluding hydrogens is 314 g/mol. The second-order valence-electron chi connectivity index (χ2n) is 6.22. The van der Waals surface area contributed by atoms with Gasteiger partial charge in [-0.1, -0.05) is 31.4 Å². The smallest absolute Gasteiger partial charge is 0.251 e. The van der Waals surface area contributed by atoms with Gasteiger partial charge in [-0.25, -0.2) is 13.6 Å². The number of amides is 1. The monoisotopic (exact) mass is 339 g/mol. The Bertz CT molecular complexity index is 640. The fourth-order valence-corrected chi connectivity index (χ4v) is 3.84. The molecule has 1 saturated carbocycles. The molecule has 1 aliphatic carbocycles. The minimum Gasteiger partial charge on any atom is -0.348 e. The maximum Gasteiger partial charge on any atom is 0.251 e. The highest BCUT2D eigenvalue weighted by molar-refractivity contribution is 7.88. The van der Waals surface area contributed by atoms with Gasteiger partial charge in [0.15, 0.2) is 0 Å². The standard InChI is InChI=1S/C16H25N3O3S/c17-10-15(13-6-2-1-3-7-13)19-16(20)14-8-4-5-12(9-14)11-23(18,21)22/h4-5,8-9,13,15H,1-3,6-7,10-11,17H2,(H,19,20)(H2,18,21,22). The summed E-state index contributed by atoms with van der Waals surface area (Å²) in [5.41, 5.74) is 6.77. The van der Waals surface area contributed by atoms with Crippen LogP contribution in [0.4, 0.5) is 0 Å². The zero-order valence-electron chi connectivity index (χ0n) is 13.2. The molecule has 0 spiro atoms. The van der Waals surface area contributed by atoms with E-state index in [-0.39, 0.29) is 17.7 Å². The average Bonchev–Trinajstić information content (AvgIpc) is 2.52. The number of benzene rings is 1. The molecule has 1 atom stereocenters. The van der Waals surface area contributed by atoms with Crippen LogP contribution in [0.25, 0.3) is 0 Å². The number of hydrogen-bond donors (Lipinski definition) is 3. The van der Waals surface area contributed by atoms with Gasteiger partial charge < -0.3 is 11.1 Å². The lowest BCUT2D eigenvalue weighted by Crippen LogP contribution is -2.45. The van der Waals surface area contributed by atoms with E-state index >= 15 is 0 Å². The molecule has 0 bridgehead atoms. The van der Waals surface area contributed by atoms with Gasteiger partial charge in [0.2, 0.25) is 10.0 Å². The predicted molar refractivity (Wildman–Crippen MR) is 90.1 cm³/mol. The van der Waals surface area contributed by atoms with E-state index in [4.69, 9.17) is 10.9 Å². The SMILES string of the molecule is NCC(NC(=O)c1cccc(CS(N)(=O)=O)c1)C1CCCCC1. The van der Waals surface area contributed by atoms with Gasteiger partial charge in [0, 0.05) is 18.2 Å². The minimum atomic E-state index is -3.62. The van der Waals surface area contributed by atoms with Crippen molar-refractivity contribution >= 4 is 15.9 Å². The van der Waals surface area contributed by atoms with Crippen LogP contribution in [0.5, 0.6) is 0 Å². The summed E-state index contributed by atoms with van der Waals surface area (Å²) in [5, 5.41) is 8.05. The van der Waals surface area contributed by atoms with Crippen LogP contribution < -0.4 is 16.2 Å². The summed E-state index contributed by atoms with van der Waals surface area (Å²) in [6.07, 6.45) is 5.79. The molecule has 0 heterocycles. The van der Waals surface area contributed by atoms with E-state index in [2.05, 4.69) is 5.32 Å². The van der Waals surface area contributed by atoms with E-state index in [1.807, 2.05) is 0 Å². The Kier molecular flexibility index (Phi) is 6.15. The first kappa shape index (κ1) is 17.9. The molecular formula is C16H25N3O3S. The van der Waals surface area contributed by atoms with E-state index in [1.54, 1.807) is 24.3 Å². The van der Waals surface area contributed by atoms with Crippen molar-refractivity contribution in [3.8, 4) is 0 Å². The van der Waals surface area contributed by atoms with Crippen LogP contribution in [-0.2, 0) is 15.8 Å². The first-order valence-electron chi connectivity index (χ1n) is 7.99. The second kappa shape index (κ2) is 7.90. The maximum atomic E-state index is 12.4. The number of sulfonamides is 1. The van der Waals surface area contributed by atoms with E-state index in [1.165, 1.54) is 19.3 Å². The van der Waals surface area contributed by atoms with Gasteiger partial charge in [0.05, 0.1) is 5.75 Å². The number of carbonyl (C=O) groups excluding carboxylic acids is 1. The second-order valence-corrected chi connectivity index (χ2v) is 7.84. The lowest BCUT2D eigenvalue weighted by molar-refractivity contribution is 0.0915. The van der Waals surface area contributed by atoms with Gasteiger partial charge in [-0.2, -0.15) is 0 Å². The maximum absolute atomic E-state index is 12.4. The van der Waals surface area contributed by atoms with Gasteiger partial charge >= 0.3 is 0 Å². The molecule has 0 aromatic heterocycles. The molecule has 1 aromatic rings. The molecule has 1 fully saturated rings. The van der Waals surface area contributed by atoms with Crippen LogP contribution in [-0.4, -0.2) is 26.9 Å². The topological polar surface area (TPSA) is 115 Å². The number of primary sulfonamides is 1. The molecule has 1 amide bonds. The normalized spacial score (nSPS) is 17.7. The number of nitrogens with one attached hydrogen (secondary N) is 1. The van der Waals surface area contributed by atoms with Gasteiger partial charge in [0.1, 0.15) is 0 Å². The third kappa shape index (κ3) is 5.60. The Hall–Kier alpha value is -1.44. The molecule has 5 N–H and O–H groups in total. The van der Waals surface area contributed by atoms with Gasteiger partial charge in [-0.15, -0.1) is 0 Å². The van der Waals surface area contributed by atoms with Crippen LogP contribution in [0.2, 0.25) is 0 Å². The first-order chi connectivity index (χ1) is 10.9. The zero-order valence-corrected chi connectivity index (χ0v) is 14.0. The largest absolute Gasteiger partial charge is 0.348 e. The van der Waals surface area contributed by atoms with Crippen molar-refractivity contribution < 1.29 is 13.2 Å². The van der Waals surface area contributed by atoms with Crippen molar-refractivity contribution in [2.45, 2.75) is 43.9 Å². The molecule has 1 unspecified atom stereocenters. The fourth-order valence-electron chi connectivity index (χ4n) is 3.19. The lowest BCUT2D eigenvalue weighted by atomic mass is 9.84. The highest BCUT2D eigenvalue weighted by Crippen LogP contribution is 2.26. The lowest BCUT2D eigenvalue weighted by Gasteiger charge is -2.30. The van der Waals surface area contributed by atoms with E-state index < -0.39 is 10.0 Å². The molecule has 23 heavy (non-hydrogen) atoms. The van der Waals surface area contributed by atoms with Crippen molar-refractivity contribution in [2.24, 2.45) is 16.8 Å². The highest BCUT2D eigenvalue weighted by Gasteiger charge is 2.24. The average molecular weight is 339 g/mol. The zero-order chi connectivity index (χ0) is 16.9. The molecule has 6 nitrogen and oxygen atoms in total. The molecule has 7 heteroatoms. The van der Waals surface area contributed by atoms with Gasteiger partial charge in [-0.05, 0) is 36.5 Å². The summed E-state index contributed by atoms with van der Waals surface area (Å²) >= 11 is 0. The van der Waals surface area contributed by atoms with Crippen LogP contribution in [0.3, 0.4) is 0 Å². The summed E-state index contributed by atoms with van der Waals surface area (Å²) in [4.78, 5) is 12.4. The van der Waals surface area contributed by atoms with Crippen LogP contribution in [0.1, 0.15) is 48.0 Å². The third-order valence-electron chi connectivity index (χ3n) is 4.35. The summed E-state index contributed by atoms with van der Waals surface area (Å²) in [7, 11) is -3.62. The summed E-state index contributed by atoms with van der Waals surface area (Å²) in [6.45, 7) is 0.410. The van der Waals surface area contributed by atoms with E-state index in [0.717, 1.165) is 12.8 Å². The Morgan fingerprint density at radius 3 is 2.57 bits per heavy atom. The summed E-state index contributed by atoms with van der Waals surface area (Å²) < 4.78 is 22.3. The minimum absolute atomic E-state index is 0.0373. The predicted octanol–water partition coefficient (Wildman–Crippen LogP) is 1.11. The van der Waals surface area contributed by atoms with Crippen molar-refractivity contribution in [1.82, 2.24) is 5.32 Å². The van der Waals surface area contributed by atoms with Crippen LogP contribution >= 0.6 is 0 Å². The Morgan fingerprint density at radius 1 is 1.26 bits per heavy atom. The molecule has 0 aliphatic heterocycles. The molecule has 1 aromatic carbocycles. The third-order valence-corrected chi connectivity index (χ3v) is 5.08. The molecule has 0 saturated heterocycles. The number of hydrogen-bond acceptors (Lipinski definition) is 4. The van der Waals surface area contributed by atoms with Gasteiger partial charge in [0.25, 0.3) is 5.91 Å². The van der Waals surface area contributed by atoms with E-state index in [9.17, 15) is 13.2 Å². The molecule has 1 aliphatic rings. The Balaban J connectivity index is 2.05. The quantitative estimate of drug-likeness (QED) is 0.720. The van der Waals surface area contributed by atoms with Gasteiger partial charge in [-0.3, -0.25) is 4.79 Å².